The Morgan fingerprint density at radius 2 is 1.06 bits per heavy atom. The van der Waals surface area contributed by atoms with Crippen LogP contribution < -0.4 is 0 Å². The third-order valence-corrected chi connectivity index (χ3v) is 11.4. The fourth-order valence-electron chi connectivity index (χ4n) is 9.50. The van der Waals surface area contributed by atoms with Gasteiger partial charge in [-0.1, -0.05) is 97.1 Å². The summed E-state index contributed by atoms with van der Waals surface area (Å²) in [6.07, 6.45) is 5.56. The zero-order chi connectivity index (χ0) is 34.0. The molecule has 2 aliphatic carbocycles. The number of hydrogen-bond donors (Lipinski definition) is 0. The molecule has 2 aliphatic rings. The van der Waals surface area contributed by atoms with Crippen LogP contribution in [0.1, 0.15) is 22.3 Å². The molecule has 0 aliphatic heterocycles. The van der Waals surface area contributed by atoms with Gasteiger partial charge in [-0.05, 0) is 115 Å². The smallest absolute Gasteiger partial charge is 0.227 e. The molecule has 1 atom stereocenters. The highest BCUT2D eigenvalue weighted by molar-refractivity contribution is 6.23. The number of hydrogen-bond acceptors (Lipinski definition) is 4. The van der Waals surface area contributed by atoms with Crippen LogP contribution in [-0.4, -0.2) is 15.0 Å². The van der Waals surface area contributed by atoms with Crippen molar-refractivity contribution in [2.24, 2.45) is 0 Å². The molecular formula is C48H27N3O. The van der Waals surface area contributed by atoms with Gasteiger partial charge in [-0.25, -0.2) is 4.98 Å². The quantitative estimate of drug-likeness (QED) is 0.185. The second-order valence-electron chi connectivity index (χ2n) is 13.8. The van der Waals surface area contributed by atoms with E-state index in [1.165, 1.54) is 66.1 Å². The number of nitrogens with zero attached hydrogens (tertiary/aromatic N) is 3. The molecule has 0 amide bonds. The van der Waals surface area contributed by atoms with Gasteiger partial charge in [-0.15, -0.1) is 0 Å². The average molecular weight is 662 g/mol. The Bertz CT molecular complexity index is 3130. The Morgan fingerprint density at radius 1 is 0.404 bits per heavy atom. The summed E-state index contributed by atoms with van der Waals surface area (Å²) in [6.45, 7) is 0. The molecular weight excluding hydrogens is 635 g/mol. The van der Waals surface area contributed by atoms with E-state index in [2.05, 4.69) is 121 Å². The lowest BCUT2D eigenvalue weighted by atomic mass is 9.69. The van der Waals surface area contributed by atoms with Crippen molar-refractivity contribution in [3.05, 3.63) is 186 Å². The molecule has 240 valence electrons. The molecule has 52 heavy (non-hydrogen) atoms. The number of pyridine rings is 3. The van der Waals surface area contributed by atoms with E-state index >= 15 is 0 Å². The fourth-order valence-corrected chi connectivity index (χ4v) is 9.50. The molecule has 10 aromatic rings. The number of benzene rings is 6. The van der Waals surface area contributed by atoms with Gasteiger partial charge in [0.15, 0.2) is 0 Å². The maximum Gasteiger partial charge on any atom is 0.227 e. The zero-order valence-electron chi connectivity index (χ0n) is 27.8. The summed E-state index contributed by atoms with van der Waals surface area (Å²) in [7, 11) is 0. The SMILES string of the molecule is c1ccc(-c2cc3c(c4ccccc24)-c2c(cc(-c4ccccn4)c4oc5ncccc5c24)C32c3ccccc3-c3c2ccc2ccccc32)nc1. The minimum Gasteiger partial charge on any atom is -0.437 e. The first-order valence-corrected chi connectivity index (χ1v) is 17.7. The third kappa shape index (κ3) is 3.39. The molecule has 0 saturated heterocycles. The molecule has 6 aromatic carbocycles. The molecule has 4 heteroatoms. The van der Waals surface area contributed by atoms with Crippen LogP contribution in [0, 0.1) is 0 Å². The Kier molecular flexibility index (Phi) is 5.40. The molecule has 1 spiro atoms. The minimum absolute atomic E-state index is 0.623. The predicted molar refractivity (Wildman–Crippen MR) is 209 cm³/mol. The van der Waals surface area contributed by atoms with Crippen molar-refractivity contribution in [3.8, 4) is 44.8 Å². The fraction of sp³-hybridized carbons (Fsp3) is 0.0208. The molecule has 0 bridgehead atoms. The summed E-state index contributed by atoms with van der Waals surface area (Å²) in [5, 5.41) is 6.92. The molecule has 0 fully saturated rings. The van der Waals surface area contributed by atoms with Crippen LogP contribution in [0.4, 0.5) is 0 Å². The van der Waals surface area contributed by atoms with Crippen LogP contribution in [0.15, 0.2) is 169 Å². The topological polar surface area (TPSA) is 51.8 Å². The van der Waals surface area contributed by atoms with Gasteiger partial charge in [0.2, 0.25) is 5.71 Å². The van der Waals surface area contributed by atoms with Crippen molar-refractivity contribution in [2.75, 3.05) is 0 Å². The predicted octanol–water partition coefficient (Wildman–Crippen LogP) is 11.8. The number of furan rings is 1. The number of aromatic nitrogens is 3. The largest absolute Gasteiger partial charge is 0.437 e. The van der Waals surface area contributed by atoms with Gasteiger partial charge in [0.1, 0.15) is 5.58 Å². The van der Waals surface area contributed by atoms with Crippen molar-refractivity contribution >= 4 is 43.6 Å². The first kappa shape index (κ1) is 27.9. The lowest BCUT2D eigenvalue weighted by Gasteiger charge is -2.31. The summed E-state index contributed by atoms with van der Waals surface area (Å²) in [4.78, 5) is 14.6. The monoisotopic (exact) mass is 661 g/mol. The molecule has 4 aromatic heterocycles. The van der Waals surface area contributed by atoms with Gasteiger partial charge < -0.3 is 4.42 Å². The molecule has 1 unspecified atom stereocenters. The highest BCUT2D eigenvalue weighted by Crippen LogP contribution is 2.67. The second kappa shape index (κ2) is 10.1. The van der Waals surface area contributed by atoms with E-state index in [0.29, 0.717) is 5.71 Å². The first-order chi connectivity index (χ1) is 25.8. The molecule has 0 saturated carbocycles. The van der Waals surface area contributed by atoms with E-state index < -0.39 is 5.41 Å². The summed E-state index contributed by atoms with van der Waals surface area (Å²) in [5.41, 5.74) is 14.7. The van der Waals surface area contributed by atoms with Crippen LogP contribution in [0.3, 0.4) is 0 Å². The molecule has 0 radical (unpaired) electrons. The van der Waals surface area contributed by atoms with E-state index in [-0.39, 0.29) is 0 Å². The Hall–Kier alpha value is -6.91. The standard InChI is InChI=1S/C48H27N3O/c1-2-13-29-28(12-1)21-22-37-42(29)32-16-5-6-18-36(32)48(37)38-26-34(40-19-7-9-23-49-40)30-14-3-4-15-31(30)43(38)45-39(48)27-35(41-20-8-10-24-50-41)46-44(45)33-17-11-25-51-47(33)52-46/h1-27H. The lowest BCUT2D eigenvalue weighted by molar-refractivity contribution is 0.654. The normalized spacial score (nSPS) is 15.4. The maximum atomic E-state index is 6.77. The van der Waals surface area contributed by atoms with Gasteiger partial charge >= 0.3 is 0 Å². The number of rotatable bonds is 2. The van der Waals surface area contributed by atoms with Crippen LogP contribution in [0.25, 0.3) is 88.4 Å². The second-order valence-corrected chi connectivity index (χ2v) is 13.8. The lowest BCUT2D eigenvalue weighted by Crippen LogP contribution is -2.26. The Labute approximate surface area is 298 Å². The van der Waals surface area contributed by atoms with Gasteiger partial charge in [0, 0.05) is 40.5 Å². The Morgan fingerprint density at radius 3 is 1.88 bits per heavy atom. The maximum absolute atomic E-state index is 6.77. The molecule has 12 rings (SSSR count). The van der Waals surface area contributed by atoms with Crippen molar-refractivity contribution in [1.82, 2.24) is 15.0 Å². The van der Waals surface area contributed by atoms with E-state index in [4.69, 9.17) is 19.4 Å². The third-order valence-electron chi connectivity index (χ3n) is 11.4. The first-order valence-electron chi connectivity index (χ1n) is 17.7. The molecule has 0 N–H and O–H groups in total. The van der Waals surface area contributed by atoms with Crippen molar-refractivity contribution in [1.29, 1.82) is 0 Å². The van der Waals surface area contributed by atoms with Gasteiger partial charge in [-0.2, -0.15) is 0 Å². The highest BCUT2D eigenvalue weighted by atomic mass is 16.3. The van der Waals surface area contributed by atoms with Gasteiger partial charge in [0.25, 0.3) is 0 Å². The van der Waals surface area contributed by atoms with E-state index in [0.717, 1.165) is 38.9 Å². The summed E-state index contributed by atoms with van der Waals surface area (Å²) >= 11 is 0. The number of fused-ring (bicyclic) bond motifs is 18. The van der Waals surface area contributed by atoms with Crippen LogP contribution in [-0.2, 0) is 5.41 Å². The average Bonchev–Trinajstić information content (AvgIpc) is 3.85. The minimum atomic E-state index is -0.641. The van der Waals surface area contributed by atoms with Crippen LogP contribution in [0.5, 0.6) is 0 Å². The Balaban J connectivity index is 1.37. The highest BCUT2D eigenvalue weighted by Gasteiger charge is 2.54. The van der Waals surface area contributed by atoms with Gasteiger partial charge in [0.05, 0.1) is 16.8 Å². The van der Waals surface area contributed by atoms with Crippen molar-refractivity contribution in [2.45, 2.75) is 5.41 Å². The van der Waals surface area contributed by atoms with E-state index in [1.807, 2.05) is 42.9 Å². The van der Waals surface area contributed by atoms with Crippen molar-refractivity contribution in [3.63, 3.8) is 0 Å². The molecule has 4 nitrogen and oxygen atoms in total. The van der Waals surface area contributed by atoms with Crippen LogP contribution in [0.2, 0.25) is 0 Å². The summed E-state index contributed by atoms with van der Waals surface area (Å²) in [6, 6.07) is 52.6. The summed E-state index contributed by atoms with van der Waals surface area (Å²) in [5.74, 6) is 0. The van der Waals surface area contributed by atoms with Gasteiger partial charge in [-0.3, -0.25) is 9.97 Å². The van der Waals surface area contributed by atoms with E-state index in [1.54, 1.807) is 0 Å². The van der Waals surface area contributed by atoms with Crippen molar-refractivity contribution < 1.29 is 4.42 Å². The summed E-state index contributed by atoms with van der Waals surface area (Å²) < 4.78 is 6.77. The zero-order valence-corrected chi connectivity index (χ0v) is 27.8. The molecule has 4 heterocycles. The van der Waals surface area contributed by atoms with Crippen LogP contribution >= 0.6 is 0 Å². The van der Waals surface area contributed by atoms with E-state index in [9.17, 15) is 0 Å².